The van der Waals surface area contributed by atoms with Gasteiger partial charge in [-0.2, -0.15) is 0 Å². The van der Waals surface area contributed by atoms with Crippen LogP contribution in [0.3, 0.4) is 0 Å². The molecule has 0 bridgehead atoms. The summed E-state index contributed by atoms with van der Waals surface area (Å²) in [6.07, 6.45) is 8.41. The fraction of sp³-hybridized carbons (Fsp3) is 0.545. The predicted octanol–water partition coefficient (Wildman–Crippen LogP) is 1.32. The average molecular weight is 293 g/mol. The van der Waals surface area contributed by atoms with Crippen LogP contribution in [-0.2, 0) is 0 Å². The minimum atomic E-state index is -0.145. The van der Waals surface area contributed by atoms with E-state index >= 15 is 0 Å². The lowest BCUT2D eigenvalue weighted by atomic mass is 9.92. The maximum Gasteiger partial charge on any atom is 0.271 e. The molecular formula is C11H18Cl2N4O. The number of nitrogens with two attached hydrogens (primary N) is 1. The molecule has 1 aromatic rings. The summed E-state index contributed by atoms with van der Waals surface area (Å²) in [6, 6.07) is 0.527. The standard InChI is InChI=1S/C11H16N4O.2ClH/c12-8-1-3-9(4-2-8)15-11(16)10-7-13-5-6-14-10;;/h5-9H,1-4,12H2,(H,15,16);2*1H. The van der Waals surface area contributed by atoms with Crippen molar-refractivity contribution < 1.29 is 4.79 Å². The molecule has 1 aliphatic rings. The summed E-state index contributed by atoms with van der Waals surface area (Å²) >= 11 is 0. The van der Waals surface area contributed by atoms with Crippen LogP contribution in [0.1, 0.15) is 36.2 Å². The number of carbonyl (C=O) groups excluding carboxylic acids is 1. The van der Waals surface area contributed by atoms with Gasteiger partial charge < -0.3 is 11.1 Å². The quantitative estimate of drug-likeness (QED) is 0.861. The highest BCUT2D eigenvalue weighted by atomic mass is 35.5. The molecule has 1 heterocycles. The molecule has 2 rings (SSSR count). The highest BCUT2D eigenvalue weighted by molar-refractivity contribution is 5.92. The van der Waals surface area contributed by atoms with Gasteiger partial charge in [0.25, 0.3) is 5.91 Å². The lowest BCUT2D eigenvalue weighted by molar-refractivity contribution is 0.0920. The van der Waals surface area contributed by atoms with Crippen LogP contribution < -0.4 is 11.1 Å². The third-order valence-corrected chi connectivity index (χ3v) is 2.90. The molecule has 1 aliphatic carbocycles. The predicted molar refractivity (Wildman–Crippen MR) is 74.2 cm³/mol. The van der Waals surface area contributed by atoms with E-state index < -0.39 is 0 Å². The molecule has 0 atom stereocenters. The Kier molecular flexibility index (Phi) is 7.82. The molecule has 0 spiro atoms. The molecule has 7 heteroatoms. The topological polar surface area (TPSA) is 80.9 Å². The van der Waals surface area contributed by atoms with Gasteiger partial charge in [-0.25, -0.2) is 4.98 Å². The summed E-state index contributed by atoms with van der Waals surface area (Å²) in [5, 5.41) is 2.96. The number of nitrogens with one attached hydrogen (secondary N) is 1. The van der Waals surface area contributed by atoms with Crippen molar-refractivity contribution in [3.05, 3.63) is 24.3 Å². The van der Waals surface area contributed by atoms with Crippen molar-refractivity contribution in [3.63, 3.8) is 0 Å². The van der Waals surface area contributed by atoms with Gasteiger partial charge in [-0.1, -0.05) is 0 Å². The third-order valence-electron chi connectivity index (χ3n) is 2.90. The number of nitrogens with zero attached hydrogens (tertiary/aromatic N) is 2. The molecule has 18 heavy (non-hydrogen) atoms. The van der Waals surface area contributed by atoms with Crippen LogP contribution >= 0.6 is 24.8 Å². The monoisotopic (exact) mass is 292 g/mol. The lowest BCUT2D eigenvalue weighted by Gasteiger charge is -2.26. The number of carbonyl (C=O) groups is 1. The van der Waals surface area contributed by atoms with Crippen molar-refractivity contribution in [1.29, 1.82) is 0 Å². The van der Waals surface area contributed by atoms with Gasteiger partial charge in [0.1, 0.15) is 5.69 Å². The second-order valence-corrected chi connectivity index (χ2v) is 4.18. The summed E-state index contributed by atoms with van der Waals surface area (Å²) in [4.78, 5) is 19.6. The van der Waals surface area contributed by atoms with Gasteiger partial charge >= 0.3 is 0 Å². The molecule has 1 aromatic heterocycles. The molecule has 5 nitrogen and oxygen atoms in total. The highest BCUT2D eigenvalue weighted by Crippen LogP contribution is 2.17. The summed E-state index contributed by atoms with van der Waals surface area (Å²) < 4.78 is 0. The smallest absolute Gasteiger partial charge is 0.271 e. The largest absolute Gasteiger partial charge is 0.348 e. The van der Waals surface area contributed by atoms with Crippen molar-refractivity contribution in [1.82, 2.24) is 15.3 Å². The Bertz CT molecular complexity index is 355. The van der Waals surface area contributed by atoms with Crippen molar-refractivity contribution in [3.8, 4) is 0 Å². The molecule has 0 saturated heterocycles. The van der Waals surface area contributed by atoms with Crippen molar-refractivity contribution in [2.45, 2.75) is 37.8 Å². The zero-order valence-corrected chi connectivity index (χ0v) is 11.5. The van der Waals surface area contributed by atoms with Gasteiger partial charge in [0.15, 0.2) is 0 Å². The van der Waals surface area contributed by atoms with E-state index in [1.54, 1.807) is 6.20 Å². The summed E-state index contributed by atoms with van der Waals surface area (Å²) in [5.74, 6) is -0.145. The van der Waals surface area contributed by atoms with E-state index in [1.165, 1.54) is 12.4 Å². The Labute approximate surface area is 119 Å². The number of amides is 1. The van der Waals surface area contributed by atoms with Gasteiger partial charge in [-0.15, -0.1) is 24.8 Å². The second-order valence-electron chi connectivity index (χ2n) is 4.18. The van der Waals surface area contributed by atoms with Crippen LogP contribution in [0.4, 0.5) is 0 Å². The normalized spacial score (nSPS) is 22.3. The van der Waals surface area contributed by atoms with Crippen molar-refractivity contribution in [2.24, 2.45) is 5.73 Å². The van der Waals surface area contributed by atoms with E-state index in [2.05, 4.69) is 15.3 Å². The van der Waals surface area contributed by atoms with E-state index in [9.17, 15) is 4.79 Å². The number of rotatable bonds is 2. The molecule has 1 amide bonds. The van der Waals surface area contributed by atoms with E-state index in [1.807, 2.05) is 0 Å². The van der Waals surface area contributed by atoms with Crippen LogP contribution in [0.25, 0.3) is 0 Å². The van der Waals surface area contributed by atoms with Gasteiger partial charge in [0.2, 0.25) is 0 Å². The van der Waals surface area contributed by atoms with Crippen LogP contribution in [0.15, 0.2) is 18.6 Å². The second kappa shape index (κ2) is 8.24. The SMILES string of the molecule is Cl.Cl.NC1CCC(NC(=O)c2cnccn2)CC1. The molecule has 1 saturated carbocycles. The van der Waals surface area contributed by atoms with Crippen LogP contribution in [0.2, 0.25) is 0 Å². The maximum atomic E-state index is 11.7. The van der Waals surface area contributed by atoms with E-state index in [-0.39, 0.29) is 36.8 Å². The molecule has 1 fully saturated rings. The number of hydrogen-bond donors (Lipinski definition) is 2. The van der Waals surface area contributed by atoms with Gasteiger partial charge in [0, 0.05) is 24.5 Å². The Morgan fingerprint density at radius 3 is 2.44 bits per heavy atom. The van der Waals surface area contributed by atoms with Crippen LogP contribution in [-0.4, -0.2) is 28.0 Å². The van der Waals surface area contributed by atoms with E-state index in [4.69, 9.17) is 5.73 Å². The summed E-state index contributed by atoms with van der Waals surface area (Å²) in [7, 11) is 0. The molecule has 102 valence electrons. The molecule has 0 aliphatic heterocycles. The first-order chi connectivity index (χ1) is 7.75. The number of hydrogen-bond acceptors (Lipinski definition) is 4. The zero-order valence-electron chi connectivity index (χ0n) is 9.91. The Hall–Kier alpha value is -0.910. The van der Waals surface area contributed by atoms with Gasteiger partial charge in [0.05, 0.1) is 6.20 Å². The molecular weight excluding hydrogens is 275 g/mol. The van der Waals surface area contributed by atoms with Crippen molar-refractivity contribution >= 4 is 30.7 Å². The maximum absolute atomic E-state index is 11.7. The minimum absolute atomic E-state index is 0. The first kappa shape index (κ1) is 17.1. The van der Waals surface area contributed by atoms with Crippen LogP contribution in [0, 0.1) is 0 Å². The van der Waals surface area contributed by atoms with Gasteiger partial charge in [-0.05, 0) is 25.7 Å². The number of halogens is 2. The Morgan fingerprint density at radius 2 is 1.89 bits per heavy atom. The average Bonchev–Trinajstić information content (AvgIpc) is 2.33. The molecule has 0 unspecified atom stereocenters. The third kappa shape index (κ3) is 4.76. The van der Waals surface area contributed by atoms with Gasteiger partial charge in [-0.3, -0.25) is 9.78 Å². The fourth-order valence-electron chi connectivity index (χ4n) is 1.94. The first-order valence-corrected chi connectivity index (χ1v) is 5.58. The summed E-state index contributed by atoms with van der Waals surface area (Å²) in [6.45, 7) is 0. The molecule has 0 aromatic carbocycles. The van der Waals surface area contributed by atoms with E-state index in [0.717, 1.165) is 25.7 Å². The number of aromatic nitrogens is 2. The lowest BCUT2D eigenvalue weighted by Crippen LogP contribution is -2.40. The van der Waals surface area contributed by atoms with E-state index in [0.29, 0.717) is 11.7 Å². The fourth-order valence-corrected chi connectivity index (χ4v) is 1.94. The van der Waals surface area contributed by atoms with Crippen molar-refractivity contribution in [2.75, 3.05) is 0 Å². The summed E-state index contributed by atoms with van der Waals surface area (Å²) in [5.41, 5.74) is 6.18. The van der Waals surface area contributed by atoms with Crippen LogP contribution in [0.5, 0.6) is 0 Å². The first-order valence-electron chi connectivity index (χ1n) is 5.58. The highest BCUT2D eigenvalue weighted by Gasteiger charge is 2.20. The minimum Gasteiger partial charge on any atom is -0.348 e. The Balaban J connectivity index is 0.00000144. The zero-order chi connectivity index (χ0) is 11.4. The molecule has 0 radical (unpaired) electrons. The Morgan fingerprint density at radius 1 is 1.22 bits per heavy atom. The molecule has 3 N–H and O–H groups in total.